The van der Waals surface area contributed by atoms with Crippen molar-refractivity contribution in [1.82, 2.24) is 10.6 Å². The van der Waals surface area contributed by atoms with Gasteiger partial charge < -0.3 is 15.7 Å². The first-order valence-electron chi connectivity index (χ1n) is 7.95. The molecule has 126 valence electrons. The van der Waals surface area contributed by atoms with Crippen molar-refractivity contribution in [2.45, 2.75) is 57.6 Å². The monoisotopic (exact) mass is 437 g/mol. The van der Waals surface area contributed by atoms with Crippen LogP contribution in [0.2, 0.25) is 0 Å². The summed E-state index contributed by atoms with van der Waals surface area (Å²) in [5.74, 6) is 1.36. The largest absolute Gasteiger partial charge is 0.393 e. The number of halogens is 1. The van der Waals surface area contributed by atoms with Crippen molar-refractivity contribution in [2.24, 2.45) is 4.99 Å². The average molecular weight is 437 g/mol. The Kier molecular flexibility index (Phi) is 9.35. The maximum absolute atomic E-state index is 9.57. The molecule has 0 aliphatic heterocycles. The van der Waals surface area contributed by atoms with Gasteiger partial charge >= 0.3 is 0 Å². The molecule has 0 aromatic carbocycles. The SMILES string of the molecule is CCNC(=NCC(C)c1cccs1)NC1CCC(O)CC1.I. The molecular formula is C16H28IN3OS. The summed E-state index contributed by atoms with van der Waals surface area (Å²) in [6, 6.07) is 4.70. The lowest BCUT2D eigenvalue weighted by atomic mass is 9.93. The number of rotatable bonds is 5. The number of thiophene rings is 1. The van der Waals surface area contributed by atoms with Crippen molar-refractivity contribution >= 4 is 41.3 Å². The molecule has 0 saturated heterocycles. The minimum absolute atomic E-state index is 0. The number of guanidine groups is 1. The van der Waals surface area contributed by atoms with Crippen LogP contribution in [0.4, 0.5) is 0 Å². The molecule has 1 fully saturated rings. The van der Waals surface area contributed by atoms with Crippen LogP contribution in [-0.4, -0.2) is 36.3 Å². The van der Waals surface area contributed by atoms with Crippen molar-refractivity contribution in [1.29, 1.82) is 0 Å². The van der Waals surface area contributed by atoms with Crippen LogP contribution in [0.25, 0.3) is 0 Å². The average Bonchev–Trinajstić information content (AvgIpc) is 3.01. The Morgan fingerprint density at radius 1 is 1.41 bits per heavy atom. The molecular weight excluding hydrogens is 409 g/mol. The molecule has 1 aromatic rings. The van der Waals surface area contributed by atoms with Crippen LogP contribution in [0.1, 0.15) is 50.3 Å². The fourth-order valence-electron chi connectivity index (χ4n) is 2.62. The first-order valence-corrected chi connectivity index (χ1v) is 8.83. The number of nitrogens with zero attached hydrogens (tertiary/aromatic N) is 1. The van der Waals surface area contributed by atoms with Crippen LogP contribution in [-0.2, 0) is 0 Å². The van der Waals surface area contributed by atoms with Gasteiger partial charge in [-0.3, -0.25) is 4.99 Å². The summed E-state index contributed by atoms with van der Waals surface area (Å²) < 4.78 is 0. The van der Waals surface area contributed by atoms with Gasteiger partial charge in [0.05, 0.1) is 12.6 Å². The Labute approximate surface area is 154 Å². The Balaban J connectivity index is 0.00000242. The molecule has 1 heterocycles. The molecule has 1 aliphatic rings. The third-order valence-corrected chi connectivity index (χ3v) is 5.04. The van der Waals surface area contributed by atoms with E-state index >= 15 is 0 Å². The first-order chi connectivity index (χ1) is 10.2. The molecule has 22 heavy (non-hydrogen) atoms. The van der Waals surface area contributed by atoms with Gasteiger partial charge in [0.25, 0.3) is 0 Å². The van der Waals surface area contributed by atoms with Gasteiger partial charge in [0.2, 0.25) is 0 Å². The number of hydrogen-bond acceptors (Lipinski definition) is 3. The molecule has 1 aromatic heterocycles. The molecule has 4 nitrogen and oxygen atoms in total. The molecule has 3 N–H and O–H groups in total. The molecule has 1 saturated carbocycles. The summed E-state index contributed by atoms with van der Waals surface area (Å²) in [6.07, 6.45) is 3.71. The minimum Gasteiger partial charge on any atom is -0.393 e. The van der Waals surface area contributed by atoms with Gasteiger partial charge in [0, 0.05) is 23.4 Å². The Hall–Kier alpha value is -0.340. The van der Waals surface area contributed by atoms with Gasteiger partial charge in [0.1, 0.15) is 0 Å². The molecule has 0 amide bonds. The molecule has 0 spiro atoms. The predicted octanol–water partition coefficient (Wildman–Crippen LogP) is 3.33. The van der Waals surface area contributed by atoms with Gasteiger partial charge in [-0.2, -0.15) is 0 Å². The molecule has 1 aliphatic carbocycles. The van der Waals surface area contributed by atoms with Crippen LogP contribution in [0.5, 0.6) is 0 Å². The highest BCUT2D eigenvalue weighted by atomic mass is 127. The maximum atomic E-state index is 9.57. The molecule has 1 atom stereocenters. The van der Waals surface area contributed by atoms with E-state index in [2.05, 4.69) is 42.0 Å². The zero-order valence-electron chi connectivity index (χ0n) is 13.4. The van der Waals surface area contributed by atoms with E-state index in [0.717, 1.165) is 44.7 Å². The second-order valence-electron chi connectivity index (χ2n) is 5.79. The normalized spacial score (nSPS) is 23.5. The Bertz CT molecular complexity index is 431. The van der Waals surface area contributed by atoms with Crippen LogP contribution < -0.4 is 10.6 Å². The Morgan fingerprint density at radius 2 is 2.14 bits per heavy atom. The van der Waals surface area contributed by atoms with Crippen molar-refractivity contribution in [3.05, 3.63) is 22.4 Å². The molecule has 1 unspecified atom stereocenters. The van der Waals surface area contributed by atoms with Crippen molar-refractivity contribution in [2.75, 3.05) is 13.1 Å². The van der Waals surface area contributed by atoms with Crippen LogP contribution in [0.15, 0.2) is 22.5 Å². The maximum Gasteiger partial charge on any atom is 0.191 e. The van der Waals surface area contributed by atoms with E-state index < -0.39 is 0 Å². The topological polar surface area (TPSA) is 56.7 Å². The van der Waals surface area contributed by atoms with Gasteiger partial charge in [-0.05, 0) is 44.1 Å². The predicted molar refractivity (Wildman–Crippen MR) is 106 cm³/mol. The standard InChI is InChI=1S/C16H27N3OS.HI/c1-3-17-16(19-13-6-8-14(20)9-7-13)18-11-12(2)15-5-4-10-21-15;/h4-5,10,12-14,20H,3,6-9,11H2,1-2H3,(H2,17,18,19);1H. The lowest BCUT2D eigenvalue weighted by Crippen LogP contribution is -2.45. The molecule has 0 radical (unpaired) electrons. The summed E-state index contributed by atoms with van der Waals surface area (Å²) in [7, 11) is 0. The number of aliphatic imine (C=N–C) groups is 1. The number of nitrogens with one attached hydrogen (secondary N) is 2. The lowest BCUT2D eigenvalue weighted by Gasteiger charge is -2.27. The van der Waals surface area contributed by atoms with E-state index in [1.54, 1.807) is 11.3 Å². The van der Waals surface area contributed by atoms with E-state index in [1.165, 1.54) is 4.88 Å². The summed E-state index contributed by atoms with van der Waals surface area (Å²) in [4.78, 5) is 6.11. The van der Waals surface area contributed by atoms with Crippen molar-refractivity contribution in [3.8, 4) is 0 Å². The van der Waals surface area contributed by atoms with Gasteiger partial charge in [-0.1, -0.05) is 13.0 Å². The molecule has 0 bridgehead atoms. The van der Waals surface area contributed by atoms with E-state index in [4.69, 9.17) is 4.99 Å². The van der Waals surface area contributed by atoms with E-state index in [0.29, 0.717) is 12.0 Å². The highest BCUT2D eigenvalue weighted by molar-refractivity contribution is 14.0. The quantitative estimate of drug-likeness (QED) is 0.376. The third kappa shape index (κ3) is 6.42. The van der Waals surface area contributed by atoms with Crippen LogP contribution in [0, 0.1) is 0 Å². The highest BCUT2D eigenvalue weighted by Gasteiger charge is 2.20. The summed E-state index contributed by atoms with van der Waals surface area (Å²) >= 11 is 1.79. The summed E-state index contributed by atoms with van der Waals surface area (Å²) in [5.41, 5.74) is 0. The zero-order valence-corrected chi connectivity index (χ0v) is 16.6. The van der Waals surface area contributed by atoms with E-state index in [-0.39, 0.29) is 30.1 Å². The van der Waals surface area contributed by atoms with Crippen LogP contribution in [0.3, 0.4) is 0 Å². The summed E-state index contributed by atoms with van der Waals surface area (Å²) in [5, 5.41) is 18.5. The van der Waals surface area contributed by atoms with E-state index in [1.807, 2.05) is 0 Å². The van der Waals surface area contributed by atoms with Gasteiger partial charge in [0.15, 0.2) is 5.96 Å². The molecule has 2 rings (SSSR count). The highest BCUT2D eigenvalue weighted by Crippen LogP contribution is 2.21. The van der Waals surface area contributed by atoms with E-state index in [9.17, 15) is 5.11 Å². The third-order valence-electron chi connectivity index (χ3n) is 3.93. The minimum atomic E-state index is -0.110. The number of aliphatic hydroxyl groups excluding tert-OH is 1. The smallest absolute Gasteiger partial charge is 0.191 e. The molecule has 6 heteroatoms. The van der Waals surface area contributed by atoms with Crippen molar-refractivity contribution in [3.63, 3.8) is 0 Å². The fourth-order valence-corrected chi connectivity index (χ4v) is 3.40. The van der Waals surface area contributed by atoms with Gasteiger partial charge in [-0.25, -0.2) is 0 Å². The van der Waals surface area contributed by atoms with Crippen LogP contribution >= 0.6 is 35.3 Å². The first kappa shape index (κ1) is 19.7. The number of hydrogen-bond donors (Lipinski definition) is 3. The zero-order chi connectivity index (χ0) is 15.1. The summed E-state index contributed by atoms with van der Waals surface area (Å²) in [6.45, 7) is 5.97. The fraction of sp³-hybridized carbons (Fsp3) is 0.688. The van der Waals surface area contributed by atoms with Gasteiger partial charge in [-0.15, -0.1) is 35.3 Å². The second kappa shape index (κ2) is 10.4. The second-order valence-corrected chi connectivity index (χ2v) is 6.77. The number of aliphatic hydroxyl groups is 1. The lowest BCUT2D eigenvalue weighted by molar-refractivity contribution is 0.120. The Morgan fingerprint density at radius 3 is 2.73 bits per heavy atom. The van der Waals surface area contributed by atoms with Crippen molar-refractivity contribution < 1.29 is 5.11 Å².